The summed E-state index contributed by atoms with van der Waals surface area (Å²) in [6.45, 7) is 3.73. The van der Waals surface area contributed by atoms with E-state index in [1.807, 2.05) is 9.80 Å². The van der Waals surface area contributed by atoms with Crippen LogP contribution in [0.3, 0.4) is 0 Å². The number of likely N-dealkylation sites (tertiary alicyclic amines) is 1. The van der Waals surface area contributed by atoms with Crippen LogP contribution in [-0.2, 0) is 9.59 Å². The van der Waals surface area contributed by atoms with Crippen LogP contribution >= 0.6 is 0 Å². The highest BCUT2D eigenvalue weighted by atomic mass is 16.2. The Bertz CT molecular complexity index is 407. The Morgan fingerprint density at radius 3 is 2.68 bits per heavy atom. The summed E-state index contributed by atoms with van der Waals surface area (Å²) in [5.41, 5.74) is 0. The van der Waals surface area contributed by atoms with Crippen LogP contribution in [-0.4, -0.2) is 60.4 Å². The van der Waals surface area contributed by atoms with Crippen LogP contribution in [0.2, 0.25) is 0 Å². The van der Waals surface area contributed by atoms with Gasteiger partial charge < -0.3 is 15.1 Å². The molecule has 2 saturated heterocycles. The molecule has 0 radical (unpaired) electrons. The summed E-state index contributed by atoms with van der Waals surface area (Å²) >= 11 is 0. The molecule has 0 bridgehead atoms. The smallest absolute Gasteiger partial charge is 0.236 e. The zero-order valence-corrected chi connectivity index (χ0v) is 13.6. The van der Waals surface area contributed by atoms with E-state index in [1.54, 1.807) is 0 Å². The lowest BCUT2D eigenvalue weighted by atomic mass is 9.86. The van der Waals surface area contributed by atoms with Gasteiger partial charge in [-0.1, -0.05) is 19.3 Å². The molecule has 5 heteroatoms. The highest BCUT2D eigenvalue weighted by Crippen LogP contribution is 2.27. The molecule has 3 fully saturated rings. The van der Waals surface area contributed by atoms with Gasteiger partial charge in [-0.25, -0.2) is 0 Å². The number of nitrogens with one attached hydrogen (secondary N) is 1. The van der Waals surface area contributed by atoms with E-state index in [9.17, 15) is 9.59 Å². The Balaban J connectivity index is 1.53. The third-order valence-corrected chi connectivity index (χ3v) is 5.50. The number of carbonyl (C=O) groups is 2. The Kier molecular flexibility index (Phi) is 5.34. The Morgan fingerprint density at radius 2 is 1.91 bits per heavy atom. The number of amides is 2. The van der Waals surface area contributed by atoms with Crippen molar-refractivity contribution in [2.24, 2.45) is 5.92 Å². The highest BCUT2D eigenvalue weighted by molar-refractivity contribution is 5.80. The summed E-state index contributed by atoms with van der Waals surface area (Å²) in [6, 6.07) is 0.235. The lowest BCUT2D eigenvalue weighted by Crippen LogP contribution is -2.57. The summed E-state index contributed by atoms with van der Waals surface area (Å²) in [4.78, 5) is 28.7. The minimum absolute atomic E-state index is 0.192. The maximum atomic E-state index is 12.6. The molecule has 2 aliphatic heterocycles. The van der Waals surface area contributed by atoms with Crippen molar-refractivity contribution in [2.45, 2.75) is 57.4 Å². The summed E-state index contributed by atoms with van der Waals surface area (Å²) in [6.07, 6.45) is 9.14. The minimum atomic E-state index is 0.192. The topological polar surface area (TPSA) is 52.7 Å². The summed E-state index contributed by atoms with van der Waals surface area (Å²) in [5.74, 6) is 1.11. The Morgan fingerprint density at radius 1 is 1.09 bits per heavy atom. The molecular formula is C17H29N3O2. The fourth-order valence-electron chi connectivity index (χ4n) is 4.21. The maximum absolute atomic E-state index is 12.6. The first-order chi connectivity index (χ1) is 10.7. The first kappa shape index (κ1) is 15.8. The van der Waals surface area contributed by atoms with Crippen molar-refractivity contribution >= 4 is 11.8 Å². The quantitative estimate of drug-likeness (QED) is 0.857. The van der Waals surface area contributed by atoms with Crippen LogP contribution in [0, 0.1) is 5.92 Å². The number of piperidine rings is 1. The number of nitrogens with zero attached hydrogens (tertiary/aromatic N) is 2. The SMILES string of the molecule is O=C(CC1CCCCC1)N1CCCC(N2CCNCC2=O)C1. The van der Waals surface area contributed by atoms with Gasteiger partial charge in [-0.3, -0.25) is 9.59 Å². The molecule has 0 aromatic carbocycles. The lowest BCUT2D eigenvalue weighted by molar-refractivity contribution is -0.141. The molecule has 0 aromatic heterocycles. The van der Waals surface area contributed by atoms with Crippen LogP contribution in [0.25, 0.3) is 0 Å². The standard InChI is InChI=1S/C17H29N3O2/c21-16(11-14-5-2-1-3-6-14)19-9-4-7-15(13-19)20-10-8-18-12-17(20)22/h14-15,18H,1-13H2. The zero-order chi connectivity index (χ0) is 15.4. The minimum Gasteiger partial charge on any atom is -0.341 e. The maximum Gasteiger partial charge on any atom is 0.236 e. The molecule has 124 valence electrons. The fourth-order valence-corrected chi connectivity index (χ4v) is 4.21. The van der Waals surface area contributed by atoms with Crippen molar-refractivity contribution in [1.82, 2.24) is 15.1 Å². The summed E-state index contributed by atoms with van der Waals surface area (Å²) < 4.78 is 0. The Labute approximate surface area is 133 Å². The van der Waals surface area contributed by atoms with Gasteiger partial charge in [0.05, 0.1) is 6.54 Å². The van der Waals surface area contributed by atoms with E-state index in [2.05, 4.69) is 5.32 Å². The molecule has 0 aromatic rings. The van der Waals surface area contributed by atoms with E-state index in [0.717, 1.165) is 45.4 Å². The van der Waals surface area contributed by atoms with E-state index in [4.69, 9.17) is 0 Å². The first-order valence-electron chi connectivity index (χ1n) is 9.02. The molecule has 22 heavy (non-hydrogen) atoms. The predicted molar refractivity (Wildman–Crippen MR) is 85.4 cm³/mol. The molecule has 1 N–H and O–H groups in total. The monoisotopic (exact) mass is 307 g/mol. The van der Waals surface area contributed by atoms with Gasteiger partial charge in [0.15, 0.2) is 0 Å². The van der Waals surface area contributed by atoms with Crippen molar-refractivity contribution in [1.29, 1.82) is 0 Å². The molecule has 3 rings (SSSR count). The molecule has 0 spiro atoms. The van der Waals surface area contributed by atoms with Gasteiger partial charge in [0.1, 0.15) is 0 Å². The van der Waals surface area contributed by atoms with E-state index in [1.165, 1.54) is 32.1 Å². The van der Waals surface area contributed by atoms with Crippen molar-refractivity contribution < 1.29 is 9.59 Å². The molecule has 2 amide bonds. The second kappa shape index (κ2) is 7.44. The number of carbonyl (C=O) groups excluding carboxylic acids is 2. The molecule has 2 heterocycles. The lowest BCUT2D eigenvalue weighted by Gasteiger charge is -2.41. The fraction of sp³-hybridized carbons (Fsp3) is 0.882. The summed E-state index contributed by atoms with van der Waals surface area (Å²) in [7, 11) is 0. The van der Waals surface area contributed by atoms with Crippen LogP contribution in [0.15, 0.2) is 0 Å². The van der Waals surface area contributed by atoms with Crippen LogP contribution in [0.1, 0.15) is 51.4 Å². The van der Waals surface area contributed by atoms with E-state index in [-0.39, 0.29) is 11.9 Å². The molecule has 1 atom stereocenters. The van der Waals surface area contributed by atoms with Crippen LogP contribution < -0.4 is 5.32 Å². The molecule has 1 saturated carbocycles. The third-order valence-electron chi connectivity index (χ3n) is 5.50. The molecule has 1 unspecified atom stereocenters. The van der Waals surface area contributed by atoms with Crippen LogP contribution in [0.4, 0.5) is 0 Å². The van der Waals surface area contributed by atoms with Gasteiger partial charge in [-0.2, -0.15) is 0 Å². The first-order valence-corrected chi connectivity index (χ1v) is 9.02. The van der Waals surface area contributed by atoms with Gasteiger partial charge in [-0.15, -0.1) is 0 Å². The van der Waals surface area contributed by atoms with Gasteiger partial charge in [0, 0.05) is 38.6 Å². The van der Waals surface area contributed by atoms with Crippen molar-refractivity contribution in [3.63, 3.8) is 0 Å². The molecular weight excluding hydrogens is 278 g/mol. The molecule has 5 nitrogen and oxygen atoms in total. The van der Waals surface area contributed by atoms with Gasteiger partial charge in [-0.05, 0) is 31.6 Å². The number of hydrogen-bond donors (Lipinski definition) is 1. The van der Waals surface area contributed by atoms with Crippen LogP contribution in [0.5, 0.6) is 0 Å². The number of hydrogen-bond acceptors (Lipinski definition) is 3. The average Bonchev–Trinajstić information content (AvgIpc) is 2.56. The van der Waals surface area contributed by atoms with Crippen molar-refractivity contribution in [3.8, 4) is 0 Å². The van der Waals surface area contributed by atoms with Gasteiger partial charge in [0.25, 0.3) is 0 Å². The third kappa shape index (κ3) is 3.80. The number of piperazine rings is 1. The second-order valence-electron chi connectivity index (χ2n) is 7.11. The van der Waals surface area contributed by atoms with Gasteiger partial charge in [0.2, 0.25) is 11.8 Å². The van der Waals surface area contributed by atoms with Gasteiger partial charge >= 0.3 is 0 Å². The van der Waals surface area contributed by atoms with E-state index < -0.39 is 0 Å². The van der Waals surface area contributed by atoms with Crippen molar-refractivity contribution in [3.05, 3.63) is 0 Å². The summed E-state index contributed by atoms with van der Waals surface area (Å²) in [5, 5.41) is 3.12. The largest absolute Gasteiger partial charge is 0.341 e. The Hall–Kier alpha value is -1.10. The number of rotatable bonds is 3. The highest BCUT2D eigenvalue weighted by Gasteiger charge is 2.32. The van der Waals surface area contributed by atoms with E-state index >= 15 is 0 Å². The van der Waals surface area contributed by atoms with E-state index in [0.29, 0.717) is 18.4 Å². The normalized spacial score (nSPS) is 28.0. The second-order valence-corrected chi connectivity index (χ2v) is 7.11. The average molecular weight is 307 g/mol. The van der Waals surface area contributed by atoms with Crippen molar-refractivity contribution in [2.75, 3.05) is 32.7 Å². The molecule has 1 aliphatic carbocycles. The predicted octanol–water partition coefficient (Wildman–Crippen LogP) is 1.38. The zero-order valence-electron chi connectivity index (χ0n) is 13.6. The molecule has 3 aliphatic rings.